The lowest BCUT2D eigenvalue weighted by atomic mass is 9.39. The molecule has 0 heterocycles. The van der Waals surface area contributed by atoms with E-state index in [-0.39, 0.29) is 10.8 Å². The van der Waals surface area contributed by atoms with Crippen molar-refractivity contribution in [3.8, 4) is 0 Å². The van der Waals surface area contributed by atoms with Gasteiger partial charge in [-0.1, -0.05) is 13.3 Å². The minimum absolute atomic E-state index is 0.207. The van der Waals surface area contributed by atoms with E-state index < -0.39 is 11.4 Å². The number of aliphatic hydroxyl groups is 1. The summed E-state index contributed by atoms with van der Waals surface area (Å²) in [5.74, 6) is 2.02. The Hall–Kier alpha value is -0.570. The summed E-state index contributed by atoms with van der Waals surface area (Å²) in [5.41, 5.74) is 0.403. The first-order chi connectivity index (χ1) is 10.8. The number of hydrogen-bond donors (Lipinski definition) is 2. The SMILES string of the molecule is C[C@@]12CCC[C@@](C)(C(=O)O)[C@H]1CC[C@@]13C[C@H]4[C@@H](C[C@H]12)[C@@]4(CO)C3. The fourth-order valence-electron chi connectivity index (χ4n) is 8.90. The number of carboxylic acids is 1. The Kier molecular flexibility index (Phi) is 2.55. The van der Waals surface area contributed by atoms with E-state index in [1.54, 1.807) is 0 Å². The Balaban J connectivity index is 1.54. The molecule has 0 aromatic heterocycles. The van der Waals surface area contributed by atoms with Gasteiger partial charge >= 0.3 is 5.97 Å². The molecule has 3 nitrogen and oxygen atoms in total. The maximum absolute atomic E-state index is 12.1. The largest absolute Gasteiger partial charge is 0.481 e. The quantitative estimate of drug-likeness (QED) is 0.816. The molecule has 6 rings (SSSR count). The van der Waals surface area contributed by atoms with Crippen LogP contribution in [0.1, 0.15) is 65.2 Å². The predicted molar refractivity (Wildman–Crippen MR) is 86.7 cm³/mol. The maximum Gasteiger partial charge on any atom is 0.309 e. The van der Waals surface area contributed by atoms with Crippen molar-refractivity contribution in [2.75, 3.05) is 6.61 Å². The van der Waals surface area contributed by atoms with Crippen molar-refractivity contribution in [3.05, 3.63) is 0 Å². The van der Waals surface area contributed by atoms with Crippen LogP contribution in [0.5, 0.6) is 0 Å². The standard InChI is InChI=1S/C20H30O3/c1-17-5-3-6-18(2,16(22)23)14(17)4-7-19-9-13-12(8-15(17)19)20(13,10-19)11-21/h12-15,21H,3-11H2,1-2H3,(H,22,23)/t12-,13+,14+,15+,17-,18-,19+,20+/m1/s1. The molecule has 0 aliphatic heterocycles. The van der Waals surface area contributed by atoms with Crippen LogP contribution in [-0.2, 0) is 4.79 Å². The monoisotopic (exact) mass is 318 g/mol. The van der Waals surface area contributed by atoms with Crippen molar-refractivity contribution in [3.63, 3.8) is 0 Å². The molecule has 0 amide bonds. The van der Waals surface area contributed by atoms with Crippen molar-refractivity contribution in [1.82, 2.24) is 0 Å². The van der Waals surface area contributed by atoms with Crippen LogP contribution in [0.25, 0.3) is 0 Å². The highest BCUT2D eigenvalue weighted by atomic mass is 16.4. The Morgan fingerprint density at radius 1 is 1.13 bits per heavy atom. The molecule has 6 aliphatic carbocycles. The molecular formula is C20H30O3. The molecule has 2 N–H and O–H groups in total. The molecule has 8 atom stereocenters. The summed E-state index contributed by atoms with van der Waals surface area (Å²) in [6.45, 7) is 4.85. The van der Waals surface area contributed by atoms with Crippen LogP contribution < -0.4 is 0 Å². The van der Waals surface area contributed by atoms with E-state index in [0.29, 0.717) is 23.9 Å². The van der Waals surface area contributed by atoms with Crippen molar-refractivity contribution in [1.29, 1.82) is 0 Å². The summed E-state index contributed by atoms with van der Waals surface area (Å²) in [7, 11) is 0. The molecule has 23 heavy (non-hydrogen) atoms. The van der Waals surface area contributed by atoms with Crippen LogP contribution in [0.15, 0.2) is 0 Å². The zero-order chi connectivity index (χ0) is 16.3. The lowest BCUT2D eigenvalue weighted by Crippen LogP contribution is -2.59. The molecule has 0 saturated heterocycles. The van der Waals surface area contributed by atoms with Crippen LogP contribution in [0.2, 0.25) is 0 Å². The van der Waals surface area contributed by atoms with Crippen molar-refractivity contribution < 1.29 is 15.0 Å². The summed E-state index contributed by atoms with van der Waals surface area (Å²) in [6, 6.07) is 0. The first-order valence-electron chi connectivity index (χ1n) is 9.67. The first kappa shape index (κ1) is 14.7. The van der Waals surface area contributed by atoms with Gasteiger partial charge in [0.25, 0.3) is 0 Å². The Bertz CT molecular complexity index is 587. The summed E-state index contributed by atoms with van der Waals surface area (Å²) in [6.07, 6.45) is 9.29. The molecule has 0 aromatic carbocycles. The van der Waals surface area contributed by atoms with Gasteiger partial charge in [-0.05, 0) is 86.4 Å². The van der Waals surface area contributed by atoms with Gasteiger partial charge in [0.1, 0.15) is 0 Å². The third-order valence-electron chi connectivity index (χ3n) is 9.88. The molecule has 1 spiro atoms. The van der Waals surface area contributed by atoms with Crippen LogP contribution >= 0.6 is 0 Å². The van der Waals surface area contributed by atoms with Crippen molar-refractivity contribution in [2.24, 2.45) is 45.3 Å². The maximum atomic E-state index is 12.1. The zero-order valence-electron chi connectivity index (χ0n) is 14.5. The minimum Gasteiger partial charge on any atom is -0.481 e. The van der Waals surface area contributed by atoms with Gasteiger partial charge in [0.05, 0.1) is 5.41 Å². The number of carboxylic acid groups (broad SMARTS) is 1. The molecule has 6 fully saturated rings. The second-order valence-electron chi connectivity index (χ2n) is 10.3. The molecule has 3 heteroatoms. The molecule has 6 aliphatic rings. The van der Waals surface area contributed by atoms with E-state index in [1.165, 1.54) is 32.1 Å². The van der Waals surface area contributed by atoms with Crippen LogP contribution in [0, 0.1) is 45.3 Å². The molecule has 0 aromatic rings. The van der Waals surface area contributed by atoms with E-state index >= 15 is 0 Å². The summed E-state index contributed by atoms with van der Waals surface area (Å²) >= 11 is 0. The second-order valence-corrected chi connectivity index (χ2v) is 10.3. The summed E-state index contributed by atoms with van der Waals surface area (Å²) in [5, 5.41) is 19.9. The van der Waals surface area contributed by atoms with Gasteiger partial charge in [-0.25, -0.2) is 0 Å². The molecule has 6 saturated carbocycles. The van der Waals surface area contributed by atoms with E-state index in [4.69, 9.17) is 0 Å². The number of fused-ring (bicyclic) bond motifs is 1. The zero-order valence-corrected chi connectivity index (χ0v) is 14.5. The lowest BCUT2D eigenvalue weighted by Gasteiger charge is -2.65. The van der Waals surface area contributed by atoms with E-state index in [1.807, 2.05) is 6.92 Å². The topological polar surface area (TPSA) is 57.5 Å². The molecule has 0 radical (unpaired) electrons. The molecular weight excluding hydrogens is 288 g/mol. The highest BCUT2D eigenvalue weighted by Crippen LogP contribution is 2.85. The number of aliphatic hydroxyl groups excluding tert-OH is 1. The van der Waals surface area contributed by atoms with Crippen molar-refractivity contribution in [2.45, 2.75) is 65.2 Å². The van der Waals surface area contributed by atoms with Gasteiger partial charge < -0.3 is 10.2 Å². The van der Waals surface area contributed by atoms with E-state index in [0.717, 1.165) is 31.1 Å². The second kappa shape index (κ2) is 3.98. The number of carbonyl (C=O) groups is 1. The first-order valence-corrected chi connectivity index (χ1v) is 9.67. The average Bonchev–Trinajstić information content (AvgIpc) is 3.01. The number of hydrogen-bond acceptors (Lipinski definition) is 2. The van der Waals surface area contributed by atoms with E-state index in [9.17, 15) is 15.0 Å². The smallest absolute Gasteiger partial charge is 0.309 e. The highest BCUT2D eigenvalue weighted by molar-refractivity contribution is 5.75. The molecule has 4 bridgehead atoms. The van der Waals surface area contributed by atoms with Crippen molar-refractivity contribution >= 4 is 5.97 Å². The normalized spacial score (nSPS) is 62.4. The third-order valence-corrected chi connectivity index (χ3v) is 9.88. The minimum atomic E-state index is -0.567. The Labute approximate surface area is 138 Å². The third kappa shape index (κ3) is 1.42. The Morgan fingerprint density at radius 2 is 1.91 bits per heavy atom. The van der Waals surface area contributed by atoms with Crippen LogP contribution in [0.3, 0.4) is 0 Å². The van der Waals surface area contributed by atoms with Crippen LogP contribution in [-0.4, -0.2) is 22.8 Å². The number of aliphatic carboxylic acids is 1. The highest BCUT2D eigenvalue weighted by Gasteiger charge is 2.80. The summed E-state index contributed by atoms with van der Waals surface area (Å²) < 4.78 is 0. The number of rotatable bonds is 2. The lowest BCUT2D eigenvalue weighted by molar-refractivity contribution is -0.187. The molecule has 0 unspecified atom stereocenters. The fourth-order valence-corrected chi connectivity index (χ4v) is 8.90. The van der Waals surface area contributed by atoms with Crippen LogP contribution in [0.4, 0.5) is 0 Å². The van der Waals surface area contributed by atoms with E-state index in [2.05, 4.69) is 6.92 Å². The van der Waals surface area contributed by atoms with Gasteiger partial charge in [0.2, 0.25) is 0 Å². The average molecular weight is 318 g/mol. The van der Waals surface area contributed by atoms with Gasteiger partial charge in [0, 0.05) is 12.0 Å². The van der Waals surface area contributed by atoms with Gasteiger partial charge in [-0.3, -0.25) is 4.79 Å². The van der Waals surface area contributed by atoms with Gasteiger partial charge in [-0.15, -0.1) is 0 Å². The van der Waals surface area contributed by atoms with Gasteiger partial charge in [-0.2, -0.15) is 0 Å². The van der Waals surface area contributed by atoms with Gasteiger partial charge in [0.15, 0.2) is 0 Å². The molecule has 128 valence electrons. The Morgan fingerprint density at radius 3 is 2.57 bits per heavy atom. The fraction of sp³-hybridized carbons (Fsp3) is 0.950. The summed E-state index contributed by atoms with van der Waals surface area (Å²) in [4.78, 5) is 12.1. The predicted octanol–water partition coefficient (Wildman–Crippen LogP) is 3.70.